The Labute approximate surface area is 222 Å². The zero-order valence-electron chi connectivity index (χ0n) is 20.9. The van der Waals surface area contributed by atoms with Gasteiger partial charge in [0.15, 0.2) is 0 Å². The molecule has 180 valence electrons. The minimum Gasteiger partial charge on any atom is -0.333 e. The summed E-state index contributed by atoms with van der Waals surface area (Å²) in [6, 6.07) is 48.5. The average molecular weight is 487 g/mol. The Bertz CT molecular complexity index is 1810. The molecule has 0 amide bonds. The van der Waals surface area contributed by atoms with Crippen LogP contribution < -0.4 is 4.90 Å². The lowest BCUT2D eigenvalue weighted by Gasteiger charge is -2.31. The second kappa shape index (κ2) is 8.36. The normalized spacial score (nSPS) is 17.3. The van der Waals surface area contributed by atoms with Crippen molar-refractivity contribution in [2.75, 3.05) is 4.90 Å². The van der Waals surface area contributed by atoms with Crippen LogP contribution in [-0.2, 0) is 0 Å². The van der Waals surface area contributed by atoms with E-state index in [1.807, 2.05) is 0 Å². The molecule has 2 heterocycles. The fourth-order valence-electron chi connectivity index (χ4n) is 6.56. The maximum atomic E-state index is 2.51. The van der Waals surface area contributed by atoms with E-state index in [2.05, 4.69) is 155 Å². The topological polar surface area (TPSA) is 8.17 Å². The Morgan fingerprint density at radius 2 is 1.18 bits per heavy atom. The van der Waals surface area contributed by atoms with Crippen LogP contribution in [0.5, 0.6) is 0 Å². The largest absolute Gasteiger partial charge is 0.333 e. The van der Waals surface area contributed by atoms with Crippen molar-refractivity contribution in [3.63, 3.8) is 0 Å². The molecule has 38 heavy (non-hydrogen) atoms. The highest BCUT2D eigenvalue weighted by molar-refractivity contribution is 5.94. The zero-order chi connectivity index (χ0) is 25.1. The molecule has 0 bridgehead atoms. The summed E-state index contributed by atoms with van der Waals surface area (Å²) in [6.07, 6.45) is 4.76. The third-order valence-electron chi connectivity index (χ3n) is 8.15. The number of hydrogen-bond acceptors (Lipinski definition) is 1. The second-order valence-corrected chi connectivity index (χ2v) is 10.2. The van der Waals surface area contributed by atoms with Crippen molar-refractivity contribution in [3.8, 4) is 16.8 Å². The highest BCUT2D eigenvalue weighted by Gasteiger charge is 2.43. The molecular weight excluding hydrogens is 460 g/mol. The van der Waals surface area contributed by atoms with Gasteiger partial charge in [0.1, 0.15) is 0 Å². The summed E-state index contributed by atoms with van der Waals surface area (Å²) in [5.41, 5.74) is 11.6. The minimum atomic E-state index is 0.238. The molecule has 2 aliphatic rings. The van der Waals surface area contributed by atoms with Gasteiger partial charge in [-0.15, -0.1) is 0 Å². The van der Waals surface area contributed by atoms with Gasteiger partial charge in [-0.1, -0.05) is 103 Å². The summed E-state index contributed by atoms with van der Waals surface area (Å²) in [5, 5.41) is 1.33. The Morgan fingerprint density at radius 3 is 2.00 bits per heavy atom. The van der Waals surface area contributed by atoms with Crippen molar-refractivity contribution < 1.29 is 0 Å². The van der Waals surface area contributed by atoms with E-state index in [9.17, 15) is 0 Å². The van der Waals surface area contributed by atoms with Crippen molar-refractivity contribution in [1.29, 1.82) is 0 Å². The first-order valence-corrected chi connectivity index (χ1v) is 13.3. The first-order chi connectivity index (χ1) is 18.9. The first kappa shape index (κ1) is 21.3. The number of anilines is 2. The molecule has 5 aromatic carbocycles. The van der Waals surface area contributed by atoms with Crippen LogP contribution >= 0.6 is 0 Å². The maximum absolute atomic E-state index is 2.51. The molecule has 2 nitrogen and oxygen atoms in total. The highest BCUT2D eigenvalue weighted by Crippen LogP contribution is 2.53. The van der Waals surface area contributed by atoms with Crippen LogP contribution in [0.2, 0.25) is 0 Å². The summed E-state index contributed by atoms with van der Waals surface area (Å²) in [4.78, 5) is 2.51. The van der Waals surface area contributed by atoms with Gasteiger partial charge in [-0.25, -0.2) is 0 Å². The highest BCUT2D eigenvalue weighted by atomic mass is 15.2. The van der Waals surface area contributed by atoms with Crippen molar-refractivity contribution in [2.24, 2.45) is 0 Å². The lowest BCUT2D eigenvalue weighted by molar-refractivity contribution is 0.725. The van der Waals surface area contributed by atoms with E-state index in [1.165, 1.54) is 55.9 Å². The van der Waals surface area contributed by atoms with E-state index >= 15 is 0 Å². The summed E-state index contributed by atoms with van der Waals surface area (Å²) in [5.74, 6) is 0.265. The third-order valence-corrected chi connectivity index (χ3v) is 8.15. The van der Waals surface area contributed by atoms with E-state index < -0.39 is 0 Å². The SMILES string of the molecule is C1=CC2C(c3ccccc3N2c2ccccc2)c2c1n(-c1ccc(-c3ccccc3)cc1)c1ccccc21. The summed E-state index contributed by atoms with van der Waals surface area (Å²) >= 11 is 0. The molecule has 6 aromatic rings. The first-order valence-electron chi connectivity index (χ1n) is 13.3. The van der Waals surface area contributed by atoms with Gasteiger partial charge >= 0.3 is 0 Å². The molecule has 0 saturated heterocycles. The Kier molecular flexibility index (Phi) is 4.68. The molecule has 8 rings (SSSR count). The predicted molar refractivity (Wildman–Crippen MR) is 158 cm³/mol. The van der Waals surface area contributed by atoms with Crippen molar-refractivity contribution in [3.05, 3.63) is 156 Å². The molecule has 0 saturated carbocycles. The standard InChI is InChI=1S/C36H26N2/c1-3-11-25(12-4-1)26-19-21-28(22-20-26)38-32-18-10-8-16-30(32)36-34(38)24-23-33-35(36)29-15-7-9-17-31(29)37(33)27-13-5-2-6-14-27/h1-24,33,35H. The van der Waals surface area contributed by atoms with Crippen LogP contribution in [0.1, 0.15) is 22.7 Å². The van der Waals surface area contributed by atoms with Crippen LogP contribution in [0.3, 0.4) is 0 Å². The van der Waals surface area contributed by atoms with Crippen LogP contribution in [-0.4, -0.2) is 10.6 Å². The van der Waals surface area contributed by atoms with Crippen LogP contribution in [0.15, 0.2) is 140 Å². The van der Waals surface area contributed by atoms with E-state index in [-0.39, 0.29) is 12.0 Å². The van der Waals surface area contributed by atoms with Crippen LogP contribution in [0.25, 0.3) is 33.8 Å². The second-order valence-electron chi connectivity index (χ2n) is 10.2. The predicted octanol–water partition coefficient (Wildman–Crippen LogP) is 8.98. The van der Waals surface area contributed by atoms with Crippen molar-refractivity contribution >= 4 is 28.4 Å². The molecular formula is C36H26N2. The fraction of sp³-hybridized carbons (Fsp3) is 0.0556. The summed E-state index contributed by atoms with van der Waals surface area (Å²) < 4.78 is 2.44. The van der Waals surface area contributed by atoms with Crippen LogP contribution in [0, 0.1) is 0 Å². The number of para-hydroxylation sites is 3. The molecule has 2 atom stereocenters. The van der Waals surface area contributed by atoms with Gasteiger partial charge in [0.05, 0.1) is 17.3 Å². The van der Waals surface area contributed by atoms with Crippen molar-refractivity contribution in [2.45, 2.75) is 12.0 Å². The van der Waals surface area contributed by atoms with Gasteiger partial charge in [-0.3, -0.25) is 0 Å². The molecule has 1 aromatic heterocycles. The van der Waals surface area contributed by atoms with Gasteiger partial charge in [0, 0.05) is 28.4 Å². The van der Waals surface area contributed by atoms with E-state index in [0.717, 1.165) is 0 Å². The maximum Gasteiger partial charge on any atom is 0.0637 e. The Balaban J connectivity index is 1.33. The summed E-state index contributed by atoms with van der Waals surface area (Å²) in [7, 11) is 0. The van der Waals surface area contributed by atoms with Crippen molar-refractivity contribution in [1.82, 2.24) is 4.57 Å². The van der Waals surface area contributed by atoms with Gasteiger partial charge in [-0.05, 0) is 64.7 Å². The van der Waals surface area contributed by atoms with Gasteiger partial charge in [0.25, 0.3) is 0 Å². The Morgan fingerprint density at radius 1 is 0.526 bits per heavy atom. The number of benzene rings is 5. The van der Waals surface area contributed by atoms with E-state index in [4.69, 9.17) is 0 Å². The molecule has 0 spiro atoms. The molecule has 2 unspecified atom stereocenters. The Hall–Kier alpha value is -4.82. The molecule has 1 aliphatic heterocycles. The quantitative estimate of drug-likeness (QED) is 0.242. The molecule has 0 N–H and O–H groups in total. The van der Waals surface area contributed by atoms with Gasteiger partial charge < -0.3 is 9.47 Å². The fourth-order valence-corrected chi connectivity index (χ4v) is 6.56. The molecule has 0 fully saturated rings. The monoisotopic (exact) mass is 486 g/mol. The lowest BCUT2D eigenvalue weighted by Crippen LogP contribution is -2.30. The smallest absolute Gasteiger partial charge is 0.0637 e. The molecule has 0 radical (unpaired) electrons. The lowest BCUT2D eigenvalue weighted by atomic mass is 9.82. The van der Waals surface area contributed by atoms with Crippen LogP contribution in [0.4, 0.5) is 11.4 Å². The number of nitrogens with zero attached hydrogens (tertiary/aromatic N) is 2. The minimum absolute atomic E-state index is 0.238. The number of hydrogen-bond donors (Lipinski definition) is 0. The average Bonchev–Trinajstić information content (AvgIpc) is 3.51. The summed E-state index contributed by atoms with van der Waals surface area (Å²) in [6.45, 7) is 0. The number of rotatable bonds is 3. The third kappa shape index (κ3) is 3.07. The van der Waals surface area contributed by atoms with E-state index in [1.54, 1.807) is 0 Å². The number of fused-ring (bicyclic) bond motifs is 7. The zero-order valence-corrected chi connectivity index (χ0v) is 20.9. The van der Waals surface area contributed by atoms with E-state index in [0.29, 0.717) is 0 Å². The number of aromatic nitrogens is 1. The molecule has 1 aliphatic carbocycles. The van der Waals surface area contributed by atoms with Gasteiger partial charge in [0.2, 0.25) is 0 Å². The van der Waals surface area contributed by atoms with Gasteiger partial charge in [-0.2, -0.15) is 0 Å². The molecule has 2 heteroatoms.